The van der Waals surface area contributed by atoms with E-state index in [1.165, 1.54) is 7.11 Å². The molecule has 0 heterocycles. The van der Waals surface area contributed by atoms with Gasteiger partial charge in [0.25, 0.3) is 0 Å². The van der Waals surface area contributed by atoms with E-state index in [1.54, 1.807) is 11.9 Å². The summed E-state index contributed by atoms with van der Waals surface area (Å²) < 4.78 is 55.6. The molecule has 0 aliphatic heterocycles. The summed E-state index contributed by atoms with van der Waals surface area (Å²) in [5.74, 6) is -0.930. The Hall–Kier alpha value is -1.18. The van der Waals surface area contributed by atoms with Gasteiger partial charge in [-0.1, -0.05) is 0 Å². The molecular weight excluding hydrogens is 278 g/mol. The van der Waals surface area contributed by atoms with Crippen molar-refractivity contribution in [3.05, 3.63) is 35.1 Å². The Morgan fingerprint density at radius 1 is 1.30 bits per heavy atom. The molecule has 0 aliphatic rings. The predicted octanol–water partition coefficient (Wildman–Crippen LogP) is 2.28. The van der Waals surface area contributed by atoms with Gasteiger partial charge in [0.2, 0.25) is 0 Å². The number of alkyl halides is 3. The Morgan fingerprint density at radius 2 is 1.95 bits per heavy atom. The van der Waals surface area contributed by atoms with Crippen molar-refractivity contribution in [2.75, 3.05) is 27.3 Å². The lowest BCUT2D eigenvalue weighted by Gasteiger charge is -2.20. The Morgan fingerprint density at radius 3 is 2.50 bits per heavy atom. The highest BCUT2D eigenvalue weighted by Crippen LogP contribution is 2.30. The minimum absolute atomic E-state index is 0.0988. The maximum absolute atomic E-state index is 13.2. The van der Waals surface area contributed by atoms with Crippen LogP contribution in [-0.4, -0.2) is 43.4 Å². The van der Waals surface area contributed by atoms with E-state index in [4.69, 9.17) is 4.74 Å². The van der Waals surface area contributed by atoms with E-state index >= 15 is 0 Å². The molecule has 7 heteroatoms. The van der Waals surface area contributed by atoms with Crippen LogP contribution >= 0.6 is 0 Å². The number of nitrogens with zero attached hydrogens (tertiary/aromatic N) is 1. The number of aliphatic hydroxyl groups is 1. The highest BCUT2D eigenvalue weighted by molar-refractivity contribution is 5.26. The molecule has 0 saturated heterocycles. The monoisotopic (exact) mass is 295 g/mol. The summed E-state index contributed by atoms with van der Waals surface area (Å²) in [5.41, 5.74) is -0.817. The zero-order chi connectivity index (χ0) is 15.3. The van der Waals surface area contributed by atoms with Gasteiger partial charge in [-0.25, -0.2) is 4.39 Å². The Kier molecular flexibility index (Phi) is 5.91. The van der Waals surface area contributed by atoms with Crippen molar-refractivity contribution in [1.29, 1.82) is 0 Å². The summed E-state index contributed by atoms with van der Waals surface area (Å²) in [5, 5.41) is 9.52. The molecule has 0 saturated carbocycles. The molecule has 3 nitrogen and oxygen atoms in total. The van der Waals surface area contributed by atoms with Crippen molar-refractivity contribution in [3.8, 4) is 0 Å². The lowest BCUT2D eigenvalue weighted by molar-refractivity contribution is -0.137. The first-order valence-corrected chi connectivity index (χ1v) is 5.94. The largest absolute Gasteiger partial charge is 0.416 e. The van der Waals surface area contributed by atoms with Crippen LogP contribution in [0.2, 0.25) is 0 Å². The van der Waals surface area contributed by atoms with Gasteiger partial charge < -0.3 is 9.84 Å². The van der Waals surface area contributed by atoms with Crippen molar-refractivity contribution in [3.63, 3.8) is 0 Å². The first-order chi connectivity index (χ1) is 9.22. The second-order valence-electron chi connectivity index (χ2n) is 4.65. The number of likely N-dealkylation sites (N-methyl/N-ethyl adjacent to an activating group) is 1. The molecule has 1 N–H and O–H groups in total. The van der Waals surface area contributed by atoms with Crippen molar-refractivity contribution in [1.82, 2.24) is 4.90 Å². The van der Waals surface area contributed by atoms with E-state index in [0.29, 0.717) is 6.07 Å². The molecule has 0 bridgehead atoms. The minimum atomic E-state index is -4.58. The minimum Gasteiger partial charge on any atom is -0.389 e. The molecule has 20 heavy (non-hydrogen) atoms. The number of hydrogen-bond acceptors (Lipinski definition) is 3. The number of rotatable bonds is 6. The van der Waals surface area contributed by atoms with Crippen LogP contribution in [0.15, 0.2) is 18.2 Å². The first kappa shape index (κ1) is 16.9. The number of methoxy groups -OCH3 is 1. The smallest absolute Gasteiger partial charge is 0.389 e. The standard InChI is InChI=1S/C13H17F4NO2/c1-18(7-12(19)8-20-2)6-9-3-10(13(15,16)17)5-11(14)4-9/h3-5,12,19H,6-8H2,1-2H3. The summed E-state index contributed by atoms with van der Waals surface area (Å²) in [6.45, 7) is 0.439. The van der Waals surface area contributed by atoms with E-state index in [0.717, 1.165) is 12.1 Å². The number of halogens is 4. The van der Waals surface area contributed by atoms with Crippen molar-refractivity contribution in [2.45, 2.75) is 18.8 Å². The van der Waals surface area contributed by atoms with Crippen LogP contribution in [0, 0.1) is 5.82 Å². The lowest BCUT2D eigenvalue weighted by Crippen LogP contribution is -2.31. The van der Waals surface area contributed by atoms with Crippen LogP contribution in [0.25, 0.3) is 0 Å². The molecule has 0 aromatic heterocycles. The molecule has 0 fully saturated rings. The second-order valence-corrected chi connectivity index (χ2v) is 4.65. The fourth-order valence-electron chi connectivity index (χ4n) is 1.89. The molecule has 0 spiro atoms. The van der Waals surface area contributed by atoms with Crippen LogP contribution in [0.1, 0.15) is 11.1 Å². The van der Waals surface area contributed by atoms with Crippen molar-refractivity contribution >= 4 is 0 Å². The van der Waals surface area contributed by atoms with Gasteiger partial charge in [-0.3, -0.25) is 4.90 Å². The zero-order valence-electron chi connectivity index (χ0n) is 11.2. The molecular formula is C13H17F4NO2. The average Bonchev–Trinajstić information content (AvgIpc) is 2.26. The van der Waals surface area contributed by atoms with E-state index in [9.17, 15) is 22.7 Å². The zero-order valence-corrected chi connectivity index (χ0v) is 11.2. The molecule has 1 aromatic carbocycles. The lowest BCUT2D eigenvalue weighted by atomic mass is 10.1. The number of benzene rings is 1. The number of ether oxygens (including phenoxy) is 1. The molecule has 0 radical (unpaired) electrons. The van der Waals surface area contributed by atoms with Gasteiger partial charge in [0.15, 0.2) is 0 Å². The van der Waals surface area contributed by atoms with Crippen LogP contribution in [0.4, 0.5) is 17.6 Å². The molecule has 0 aliphatic carbocycles. The quantitative estimate of drug-likeness (QED) is 0.817. The van der Waals surface area contributed by atoms with E-state index < -0.39 is 23.7 Å². The third-order valence-electron chi connectivity index (χ3n) is 2.62. The summed E-state index contributed by atoms with van der Waals surface area (Å²) in [6.07, 6.45) is -5.33. The Balaban J connectivity index is 2.75. The molecule has 0 amide bonds. The molecule has 1 atom stereocenters. The number of aliphatic hydroxyl groups excluding tert-OH is 1. The third-order valence-corrected chi connectivity index (χ3v) is 2.62. The van der Waals surface area contributed by atoms with E-state index in [2.05, 4.69) is 0 Å². The van der Waals surface area contributed by atoms with Crippen LogP contribution in [-0.2, 0) is 17.5 Å². The topological polar surface area (TPSA) is 32.7 Å². The summed E-state index contributed by atoms with van der Waals surface area (Å²) in [6, 6.07) is 2.42. The predicted molar refractivity (Wildman–Crippen MR) is 65.6 cm³/mol. The van der Waals surface area contributed by atoms with Gasteiger partial charge in [-0.05, 0) is 30.8 Å². The Bertz CT molecular complexity index is 437. The number of hydrogen-bond donors (Lipinski definition) is 1. The molecule has 1 aromatic rings. The van der Waals surface area contributed by atoms with Crippen molar-refractivity contribution < 1.29 is 27.4 Å². The normalized spacial score (nSPS) is 13.8. The third kappa shape index (κ3) is 5.44. The molecule has 114 valence electrons. The Labute approximate surface area is 114 Å². The maximum atomic E-state index is 13.2. The SMILES string of the molecule is COCC(O)CN(C)Cc1cc(F)cc(C(F)(F)F)c1. The van der Waals surface area contributed by atoms with Crippen LogP contribution < -0.4 is 0 Å². The van der Waals surface area contributed by atoms with Crippen molar-refractivity contribution in [2.24, 2.45) is 0 Å². The second kappa shape index (κ2) is 7.01. The molecule has 1 rings (SSSR count). The maximum Gasteiger partial charge on any atom is 0.416 e. The summed E-state index contributed by atoms with van der Waals surface area (Å²) in [7, 11) is 3.06. The van der Waals surface area contributed by atoms with Gasteiger partial charge >= 0.3 is 6.18 Å². The average molecular weight is 295 g/mol. The summed E-state index contributed by atoms with van der Waals surface area (Å²) >= 11 is 0. The highest BCUT2D eigenvalue weighted by atomic mass is 19.4. The van der Waals surface area contributed by atoms with Crippen LogP contribution in [0.3, 0.4) is 0 Å². The van der Waals surface area contributed by atoms with Crippen LogP contribution in [0.5, 0.6) is 0 Å². The van der Waals surface area contributed by atoms with E-state index in [-0.39, 0.29) is 25.3 Å². The van der Waals surface area contributed by atoms with Gasteiger partial charge in [0.05, 0.1) is 18.3 Å². The fourth-order valence-corrected chi connectivity index (χ4v) is 1.89. The van der Waals surface area contributed by atoms with Gasteiger partial charge in [-0.2, -0.15) is 13.2 Å². The fraction of sp³-hybridized carbons (Fsp3) is 0.538. The highest BCUT2D eigenvalue weighted by Gasteiger charge is 2.31. The van der Waals surface area contributed by atoms with Gasteiger partial charge in [-0.15, -0.1) is 0 Å². The van der Waals surface area contributed by atoms with E-state index in [1.807, 2.05) is 0 Å². The summed E-state index contributed by atoms with van der Waals surface area (Å²) in [4.78, 5) is 1.60. The van der Waals surface area contributed by atoms with Gasteiger partial charge in [0, 0.05) is 20.2 Å². The molecule has 1 unspecified atom stereocenters. The first-order valence-electron chi connectivity index (χ1n) is 5.94. The van der Waals surface area contributed by atoms with Gasteiger partial charge in [0.1, 0.15) is 5.82 Å².